The molecule has 0 radical (unpaired) electrons. The molecular formula is C49H87N2O6P. The summed E-state index contributed by atoms with van der Waals surface area (Å²) in [7, 11) is 1.24. The van der Waals surface area contributed by atoms with Gasteiger partial charge in [-0.1, -0.05) is 176 Å². The quantitative estimate of drug-likeness (QED) is 0.0276. The highest BCUT2D eigenvalue weighted by Gasteiger charge is 2.23. The second-order valence-corrected chi connectivity index (χ2v) is 17.8. The minimum Gasteiger partial charge on any atom is -0.756 e. The van der Waals surface area contributed by atoms with Crippen LogP contribution in [0, 0.1) is 0 Å². The molecular weight excluding hydrogens is 744 g/mol. The Kier molecular flexibility index (Phi) is 38.5. The van der Waals surface area contributed by atoms with Crippen molar-refractivity contribution in [1.29, 1.82) is 0 Å². The number of unbranched alkanes of at least 4 members (excludes halogenated alkanes) is 15. The summed E-state index contributed by atoms with van der Waals surface area (Å²) in [4.78, 5) is 25.2. The number of quaternary nitrogens is 1. The number of phosphoric ester groups is 1. The van der Waals surface area contributed by atoms with Gasteiger partial charge < -0.3 is 28.8 Å². The molecule has 9 heteroatoms. The SMILES string of the molecule is CC/C=C\C/C=C\C/C=C\C/C=C\C/C=C\C/C=C\CCCCCCCCCCC(=O)NC(COP(=O)([O-])OCC[N+](C)(C)C)C(O)/C=C/CCCCCCCCC. The first-order valence-electron chi connectivity index (χ1n) is 22.9. The van der Waals surface area contributed by atoms with E-state index in [4.69, 9.17) is 9.05 Å². The minimum absolute atomic E-state index is 0.00741. The van der Waals surface area contributed by atoms with Crippen molar-refractivity contribution in [2.24, 2.45) is 0 Å². The van der Waals surface area contributed by atoms with E-state index >= 15 is 0 Å². The van der Waals surface area contributed by atoms with Gasteiger partial charge in [0.05, 0.1) is 39.9 Å². The molecule has 0 aromatic heterocycles. The average Bonchev–Trinajstić information content (AvgIpc) is 3.17. The van der Waals surface area contributed by atoms with Crippen LogP contribution >= 0.6 is 7.82 Å². The van der Waals surface area contributed by atoms with Gasteiger partial charge in [0.2, 0.25) is 5.91 Å². The first-order valence-corrected chi connectivity index (χ1v) is 24.4. The van der Waals surface area contributed by atoms with Crippen molar-refractivity contribution < 1.29 is 32.9 Å². The number of aliphatic hydroxyl groups is 1. The maximum Gasteiger partial charge on any atom is 0.268 e. The number of nitrogens with one attached hydrogen (secondary N) is 1. The Morgan fingerprint density at radius 2 is 1.05 bits per heavy atom. The third-order valence-electron chi connectivity index (χ3n) is 9.61. The van der Waals surface area contributed by atoms with Crippen molar-refractivity contribution in [3.8, 4) is 0 Å². The molecule has 334 valence electrons. The summed E-state index contributed by atoms with van der Waals surface area (Å²) >= 11 is 0. The van der Waals surface area contributed by atoms with Crippen LogP contribution in [0.15, 0.2) is 85.1 Å². The van der Waals surface area contributed by atoms with Crippen LogP contribution in [0.4, 0.5) is 0 Å². The molecule has 2 N–H and O–H groups in total. The van der Waals surface area contributed by atoms with Crippen molar-refractivity contribution in [2.75, 3.05) is 40.9 Å². The lowest BCUT2D eigenvalue weighted by atomic mass is 10.1. The molecule has 58 heavy (non-hydrogen) atoms. The lowest BCUT2D eigenvalue weighted by molar-refractivity contribution is -0.870. The predicted molar refractivity (Wildman–Crippen MR) is 246 cm³/mol. The van der Waals surface area contributed by atoms with E-state index in [2.05, 4.69) is 92.1 Å². The normalized spacial score (nSPS) is 15.1. The largest absolute Gasteiger partial charge is 0.756 e. The number of carbonyl (C=O) groups excluding carboxylic acids is 1. The first kappa shape index (κ1) is 55.7. The van der Waals surface area contributed by atoms with Gasteiger partial charge in [-0.15, -0.1) is 0 Å². The van der Waals surface area contributed by atoms with Gasteiger partial charge >= 0.3 is 0 Å². The maximum atomic E-state index is 12.8. The van der Waals surface area contributed by atoms with Gasteiger partial charge in [-0.2, -0.15) is 0 Å². The molecule has 0 rings (SSSR count). The van der Waals surface area contributed by atoms with Crippen LogP contribution in [0.3, 0.4) is 0 Å². The third-order valence-corrected chi connectivity index (χ3v) is 10.6. The summed E-state index contributed by atoms with van der Waals surface area (Å²) < 4.78 is 23.1. The van der Waals surface area contributed by atoms with Crippen molar-refractivity contribution >= 4 is 13.7 Å². The number of allylic oxidation sites excluding steroid dienone is 13. The molecule has 0 heterocycles. The van der Waals surface area contributed by atoms with Crippen LogP contribution in [0.2, 0.25) is 0 Å². The number of amides is 1. The number of rotatable bonds is 40. The summed E-state index contributed by atoms with van der Waals surface area (Å²) in [6.07, 6.45) is 55.0. The smallest absolute Gasteiger partial charge is 0.268 e. The van der Waals surface area contributed by atoms with Gasteiger partial charge in [-0.05, 0) is 70.6 Å². The molecule has 0 saturated heterocycles. The molecule has 0 saturated carbocycles. The van der Waals surface area contributed by atoms with Crippen molar-refractivity contribution in [3.05, 3.63) is 85.1 Å². The molecule has 0 aliphatic carbocycles. The second kappa shape index (κ2) is 40.1. The first-order chi connectivity index (χ1) is 28.0. The number of aliphatic hydroxyl groups excluding tert-OH is 1. The zero-order chi connectivity index (χ0) is 42.8. The van der Waals surface area contributed by atoms with Crippen LogP contribution in [0.5, 0.6) is 0 Å². The van der Waals surface area contributed by atoms with E-state index in [9.17, 15) is 19.4 Å². The van der Waals surface area contributed by atoms with Crippen molar-refractivity contribution in [3.63, 3.8) is 0 Å². The summed E-state index contributed by atoms with van der Waals surface area (Å²) in [6, 6.07) is -0.894. The molecule has 1 amide bonds. The minimum atomic E-state index is -4.59. The number of hydrogen-bond acceptors (Lipinski definition) is 6. The molecule has 3 unspecified atom stereocenters. The van der Waals surface area contributed by atoms with Crippen LogP contribution < -0.4 is 10.2 Å². The van der Waals surface area contributed by atoms with E-state index in [-0.39, 0.29) is 19.1 Å². The van der Waals surface area contributed by atoms with Crippen LogP contribution in [0.25, 0.3) is 0 Å². The van der Waals surface area contributed by atoms with Gasteiger partial charge in [-0.25, -0.2) is 0 Å². The zero-order valence-corrected chi connectivity index (χ0v) is 38.6. The Hall–Kier alpha value is -2.32. The van der Waals surface area contributed by atoms with Gasteiger partial charge in [0.15, 0.2) is 0 Å². The Balaban J connectivity index is 4.24. The van der Waals surface area contributed by atoms with E-state index < -0.39 is 20.0 Å². The molecule has 3 atom stereocenters. The van der Waals surface area contributed by atoms with Crippen LogP contribution in [-0.4, -0.2) is 68.5 Å². The highest BCUT2D eigenvalue weighted by molar-refractivity contribution is 7.45. The Morgan fingerprint density at radius 3 is 1.53 bits per heavy atom. The van der Waals surface area contributed by atoms with Crippen LogP contribution in [-0.2, 0) is 18.4 Å². The summed E-state index contributed by atoms with van der Waals surface area (Å²) in [6.45, 7) is 4.47. The van der Waals surface area contributed by atoms with E-state index in [1.807, 2.05) is 27.2 Å². The molecule has 0 aliphatic heterocycles. The fourth-order valence-corrected chi connectivity index (χ4v) is 6.70. The van der Waals surface area contributed by atoms with Crippen molar-refractivity contribution in [1.82, 2.24) is 5.32 Å². The van der Waals surface area contributed by atoms with Crippen LogP contribution in [0.1, 0.15) is 168 Å². The maximum absolute atomic E-state index is 12.8. The lowest BCUT2D eigenvalue weighted by Gasteiger charge is -2.29. The van der Waals surface area contributed by atoms with E-state index in [0.717, 1.165) is 89.9 Å². The number of nitrogens with zero attached hydrogens (tertiary/aromatic N) is 1. The van der Waals surface area contributed by atoms with E-state index in [1.165, 1.54) is 57.8 Å². The number of hydrogen-bond donors (Lipinski definition) is 2. The molecule has 0 fully saturated rings. The standard InChI is InChI=1S/C49H87N2O6P/c1-6-8-10-12-14-16-17-18-19-20-21-22-23-24-25-26-27-28-29-30-31-32-33-35-37-39-41-43-49(53)50-47(46-57-58(54,55)56-45-44-51(3,4)5)48(52)42-40-38-36-34-15-13-11-9-7-2/h8,10,14,16,18-19,21-22,24-25,27-28,40,42,47-48,52H,6-7,9,11-13,15,17,20,23,26,29-39,41,43-46H2,1-5H3,(H-,50,53,54,55)/b10-8-,16-14-,19-18-,22-21-,25-24-,28-27-,42-40+. The Morgan fingerprint density at radius 1 is 0.621 bits per heavy atom. The highest BCUT2D eigenvalue weighted by atomic mass is 31.2. The second-order valence-electron chi connectivity index (χ2n) is 16.4. The molecule has 8 nitrogen and oxygen atoms in total. The summed E-state index contributed by atoms with van der Waals surface area (Å²) in [5.41, 5.74) is 0. The predicted octanol–water partition coefficient (Wildman–Crippen LogP) is 12.3. The van der Waals surface area contributed by atoms with Gasteiger partial charge in [0, 0.05) is 6.42 Å². The van der Waals surface area contributed by atoms with Gasteiger partial charge in [-0.3, -0.25) is 9.36 Å². The lowest BCUT2D eigenvalue weighted by Crippen LogP contribution is -2.45. The molecule has 0 aromatic rings. The number of likely N-dealkylation sites (N-methyl/N-ethyl adjacent to an activating group) is 1. The Bertz CT molecular complexity index is 1220. The van der Waals surface area contributed by atoms with Gasteiger partial charge in [0.25, 0.3) is 7.82 Å². The zero-order valence-electron chi connectivity index (χ0n) is 37.7. The summed E-state index contributed by atoms with van der Waals surface area (Å²) in [5, 5.41) is 13.7. The number of carbonyl (C=O) groups is 1. The fraction of sp³-hybridized carbons (Fsp3) is 0.694. The van der Waals surface area contributed by atoms with Crippen molar-refractivity contribution in [2.45, 2.75) is 180 Å². The topological polar surface area (TPSA) is 108 Å². The molecule has 0 spiro atoms. The fourth-order valence-electron chi connectivity index (χ4n) is 5.98. The molecule has 0 aromatic carbocycles. The summed E-state index contributed by atoms with van der Waals surface area (Å²) in [5.74, 6) is -0.214. The molecule has 0 bridgehead atoms. The Labute approximate surface area is 356 Å². The van der Waals surface area contributed by atoms with E-state index in [1.54, 1.807) is 6.08 Å². The van der Waals surface area contributed by atoms with Gasteiger partial charge in [0.1, 0.15) is 13.2 Å². The average molecular weight is 831 g/mol. The monoisotopic (exact) mass is 831 g/mol. The highest BCUT2D eigenvalue weighted by Crippen LogP contribution is 2.38. The van der Waals surface area contributed by atoms with E-state index in [0.29, 0.717) is 17.4 Å². The molecule has 0 aliphatic rings. The third kappa shape index (κ3) is 41.8. The number of phosphoric acid groups is 1.